The van der Waals surface area contributed by atoms with Gasteiger partial charge in [-0.05, 0) is 74.0 Å². The summed E-state index contributed by atoms with van der Waals surface area (Å²) in [5.74, 6) is 1.81. The van der Waals surface area contributed by atoms with E-state index in [9.17, 15) is 5.11 Å². The topological polar surface area (TPSA) is 73.1 Å². The molecule has 6 nitrogen and oxygen atoms in total. The molecule has 6 aromatic rings. The predicted octanol–water partition coefficient (Wildman–Crippen LogP) is 6.96. The fourth-order valence-electron chi connectivity index (χ4n) is 4.79. The zero-order chi connectivity index (χ0) is 25.1. The van der Waals surface area contributed by atoms with E-state index in [4.69, 9.17) is 4.74 Å². The third-order valence-electron chi connectivity index (χ3n) is 6.77. The molecular formula is C30H25N4O2Pt-. The minimum atomic E-state index is 0. The summed E-state index contributed by atoms with van der Waals surface area (Å²) in [5.41, 5.74) is 7.63. The Bertz CT molecular complexity index is 1830. The third-order valence-corrected chi connectivity index (χ3v) is 6.77. The van der Waals surface area contributed by atoms with Gasteiger partial charge >= 0.3 is 0 Å². The summed E-state index contributed by atoms with van der Waals surface area (Å²) in [6.07, 6.45) is 1.79. The number of phenolic OH excluding ortho intramolecular Hbond substituents is 1. The average Bonchev–Trinajstić information content (AvgIpc) is 3.18. The summed E-state index contributed by atoms with van der Waals surface area (Å²) >= 11 is 0. The SMILES string of the molecule is Cc1ccc2c3c(C)cc(Oc4nc5c(O)c(C)c(C)cc5nc4C)[c-]c3n(-c3ccccn3)c2c1.[Pt]. The first-order valence-corrected chi connectivity index (χ1v) is 11.9. The molecule has 0 amide bonds. The van der Waals surface area contributed by atoms with Gasteiger partial charge in [0, 0.05) is 38.5 Å². The third kappa shape index (κ3) is 4.06. The van der Waals surface area contributed by atoms with Gasteiger partial charge in [-0.25, -0.2) is 15.0 Å². The normalized spacial score (nSPS) is 11.3. The molecule has 3 heterocycles. The molecule has 3 aromatic carbocycles. The van der Waals surface area contributed by atoms with Crippen molar-refractivity contribution < 1.29 is 30.9 Å². The van der Waals surface area contributed by atoms with Crippen LogP contribution in [0.5, 0.6) is 17.4 Å². The molecule has 0 bridgehead atoms. The standard InChI is InChI=1S/C30H25N4O2.Pt/c1-16-9-10-22-24(12-16)34(26-8-6-7-11-31-26)25-15-21(13-18(3)27(22)25)36-30-20(5)32-23-14-17(2)19(4)29(35)28(23)33-30;/h6-14,35H,1-5H3;/q-1;. The molecule has 1 N–H and O–H groups in total. The molecule has 0 radical (unpaired) electrons. The van der Waals surface area contributed by atoms with E-state index in [1.165, 1.54) is 5.56 Å². The van der Waals surface area contributed by atoms with Gasteiger partial charge in [-0.2, -0.15) is 0 Å². The van der Waals surface area contributed by atoms with Crippen LogP contribution in [0.1, 0.15) is 27.9 Å². The summed E-state index contributed by atoms with van der Waals surface area (Å²) in [4.78, 5) is 13.9. The summed E-state index contributed by atoms with van der Waals surface area (Å²) < 4.78 is 8.39. The van der Waals surface area contributed by atoms with Crippen LogP contribution in [0.15, 0.2) is 54.7 Å². The Kier molecular flexibility index (Phi) is 6.24. The zero-order valence-corrected chi connectivity index (χ0v) is 23.4. The second kappa shape index (κ2) is 9.28. The van der Waals surface area contributed by atoms with Crippen LogP contribution in [0.2, 0.25) is 0 Å². The van der Waals surface area contributed by atoms with E-state index >= 15 is 0 Å². The van der Waals surface area contributed by atoms with Crippen LogP contribution < -0.4 is 4.74 Å². The van der Waals surface area contributed by atoms with E-state index in [0.717, 1.165) is 44.3 Å². The van der Waals surface area contributed by atoms with Crippen molar-refractivity contribution in [2.75, 3.05) is 0 Å². The van der Waals surface area contributed by atoms with Gasteiger partial charge in [0.25, 0.3) is 0 Å². The molecule has 37 heavy (non-hydrogen) atoms. The van der Waals surface area contributed by atoms with Crippen LogP contribution in [0.3, 0.4) is 0 Å². The number of phenols is 1. The van der Waals surface area contributed by atoms with Crippen molar-refractivity contribution in [2.45, 2.75) is 34.6 Å². The van der Waals surface area contributed by atoms with Crippen LogP contribution >= 0.6 is 0 Å². The maximum absolute atomic E-state index is 10.7. The molecule has 0 saturated heterocycles. The van der Waals surface area contributed by atoms with E-state index < -0.39 is 0 Å². The fourth-order valence-corrected chi connectivity index (χ4v) is 4.79. The zero-order valence-electron chi connectivity index (χ0n) is 21.2. The Morgan fingerprint density at radius 3 is 2.49 bits per heavy atom. The van der Waals surface area contributed by atoms with E-state index in [0.29, 0.717) is 28.4 Å². The maximum Gasteiger partial charge on any atom is 0.239 e. The molecule has 7 heteroatoms. The molecule has 0 aliphatic carbocycles. The van der Waals surface area contributed by atoms with Crippen LogP contribution in [-0.4, -0.2) is 24.6 Å². The number of aromatic nitrogens is 4. The minimum absolute atomic E-state index is 0. The van der Waals surface area contributed by atoms with Crippen molar-refractivity contribution >= 4 is 32.8 Å². The summed E-state index contributed by atoms with van der Waals surface area (Å²) in [6.45, 7) is 9.83. The molecule has 0 aliphatic heterocycles. The van der Waals surface area contributed by atoms with Crippen molar-refractivity contribution in [3.05, 3.63) is 88.7 Å². The van der Waals surface area contributed by atoms with E-state index in [1.54, 1.807) is 6.20 Å². The van der Waals surface area contributed by atoms with Crippen LogP contribution in [0, 0.1) is 40.7 Å². The number of aryl methyl sites for hydroxylation is 4. The molecule has 0 atom stereocenters. The largest absolute Gasteiger partial charge is 0.505 e. The van der Waals surface area contributed by atoms with E-state index in [1.807, 2.05) is 51.1 Å². The van der Waals surface area contributed by atoms with Crippen molar-refractivity contribution in [1.82, 2.24) is 19.5 Å². The Morgan fingerprint density at radius 1 is 0.919 bits per heavy atom. The number of nitrogens with zero attached hydrogens (tertiary/aromatic N) is 4. The number of rotatable bonds is 3. The summed E-state index contributed by atoms with van der Waals surface area (Å²) in [7, 11) is 0. The number of hydrogen-bond acceptors (Lipinski definition) is 5. The molecule has 188 valence electrons. The summed E-state index contributed by atoms with van der Waals surface area (Å²) in [5, 5.41) is 12.9. The van der Waals surface area contributed by atoms with E-state index in [-0.39, 0.29) is 26.8 Å². The number of hydrogen-bond donors (Lipinski definition) is 1. The monoisotopic (exact) mass is 668 g/mol. The summed E-state index contributed by atoms with van der Waals surface area (Å²) in [6, 6.07) is 19.7. The number of fused-ring (bicyclic) bond motifs is 4. The van der Waals surface area contributed by atoms with Gasteiger partial charge in [0.05, 0.1) is 5.52 Å². The maximum atomic E-state index is 10.7. The smallest absolute Gasteiger partial charge is 0.239 e. The van der Waals surface area contributed by atoms with Gasteiger partial charge in [0.2, 0.25) is 5.88 Å². The molecule has 0 aliphatic rings. The molecule has 0 spiro atoms. The Hall–Kier alpha value is -3.76. The van der Waals surface area contributed by atoms with Gasteiger partial charge in [-0.1, -0.05) is 36.0 Å². The van der Waals surface area contributed by atoms with E-state index in [2.05, 4.69) is 57.6 Å². The number of ether oxygens (including phenoxy) is 1. The Labute approximate surface area is 229 Å². The van der Waals surface area contributed by atoms with Crippen LogP contribution in [0.25, 0.3) is 38.7 Å². The predicted molar refractivity (Wildman–Crippen MR) is 142 cm³/mol. The van der Waals surface area contributed by atoms with Gasteiger partial charge in [-0.3, -0.25) is 0 Å². The Balaban J connectivity index is 0.00000280. The van der Waals surface area contributed by atoms with Gasteiger partial charge < -0.3 is 14.4 Å². The minimum Gasteiger partial charge on any atom is -0.505 e. The van der Waals surface area contributed by atoms with Crippen LogP contribution in [0.4, 0.5) is 0 Å². The van der Waals surface area contributed by atoms with Gasteiger partial charge in [0.15, 0.2) is 0 Å². The van der Waals surface area contributed by atoms with Crippen molar-refractivity contribution in [1.29, 1.82) is 0 Å². The molecule has 0 saturated carbocycles. The first-order chi connectivity index (χ1) is 17.3. The molecule has 6 rings (SSSR count). The van der Waals surface area contributed by atoms with Crippen molar-refractivity contribution in [3.8, 4) is 23.2 Å². The molecule has 0 unspecified atom stereocenters. The Morgan fingerprint density at radius 2 is 1.73 bits per heavy atom. The van der Waals surface area contributed by atoms with Crippen molar-refractivity contribution in [2.24, 2.45) is 0 Å². The van der Waals surface area contributed by atoms with Crippen molar-refractivity contribution in [3.63, 3.8) is 0 Å². The second-order valence-corrected chi connectivity index (χ2v) is 9.34. The molecular weight excluding hydrogens is 643 g/mol. The first-order valence-electron chi connectivity index (χ1n) is 11.9. The second-order valence-electron chi connectivity index (χ2n) is 9.34. The average molecular weight is 669 g/mol. The number of pyridine rings is 1. The van der Waals surface area contributed by atoms with Gasteiger partial charge in [-0.15, -0.1) is 17.7 Å². The number of benzene rings is 3. The molecule has 0 fully saturated rings. The van der Waals surface area contributed by atoms with Gasteiger partial charge in [0.1, 0.15) is 22.8 Å². The molecule has 3 aromatic heterocycles. The first kappa shape index (κ1) is 24.9. The number of aromatic hydroxyl groups is 1. The van der Waals surface area contributed by atoms with Crippen LogP contribution in [-0.2, 0) is 21.1 Å². The quantitative estimate of drug-likeness (QED) is 0.207. The fraction of sp³-hybridized carbons (Fsp3) is 0.167.